The van der Waals surface area contributed by atoms with Crippen LogP contribution >= 0.6 is 11.5 Å². The summed E-state index contributed by atoms with van der Waals surface area (Å²) in [5.74, 6) is -0.281. The molecule has 0 aliphatic heterocycles. The van der Waals surface area contributed by atoms with Crippen molar-refractivity contribution < 1.29 is 4.79 Å². The van der Waals surface area contributed by atoms with Crippen molar-refractivity contribution in [2.75, 3.05) is 11.1 Å². The first kappa shape index (κ1) is 10.6. The van der Waals surface area contributed by atoms with E-state index >= 15 is 0 Å². The number of benzene rings is 1. The second-order valence-corrected chi connectivity index (χ2v) is 3.93. The van der Waals surface area contributed by atoms with Crippen molar-refractivity contribution in [2.24, 2.45) is 0 Å². The molecule has 1 aromatic carbocycles. The number of aryl methyl sites for hydroxylation is 1. The molecule has 6 heteroatoms. The molecule has 0 aliphatic carbocycles. The van der Waals surface area contributed by atoms with Crippen molar-refractivity contribution in [3.8, 4) is 0 Å². The summed E-state index contributed by atoms with van der Waals surface area (Å²) >= 11 is 1.14. The predicted molar refractivity (Wildman–Crippen MR) is 63.5 cm³/mol. The van der Waals surface area contributed by atoms with E-state index in [1.807, 2.05) is 13.0 Å². The Morgan fingerprint density at radius 3 is 2.94 bits per heavy atom. The van der Waals surface area contributed by atoms with Crippen LogP contribution in [0.3, 0.4) is 0 Å². The molecule has 0 unspecified atom stereocenters. The lowest BCUT2D eigenvalue weighted by molar-refractivity contribution is 0.102. The van der Waals surface area contributed by atoms with Crippen LogP contribution in [0.1, 0.15) is 16.1 Å². The van der Waals surface area contributed by atoms with Gasteiger partial charge in [0.25, 0.3) is 5.91 Å². The van der Waals surface area contributed by atoms with Crippen LogP contribution in [0.25, 0.3) is 0 Å². The van der Waals surface area contributed by atoms with Gasteiger partial charge in [0, 0.05) is 16.8 Å². The Kier molecular flexibility index (Phi) is 2.82. The number of anilines is 2. The molecule has 16 heavy (non-hydrogen) atoms. The van der Waals surface area contributed by atoms with E-state index in [4.69, 9.17) is 5.73 Å². The average Bonchev–Trinajstić information content (AvgIpc) is 2.77. The summed E-state index contributed by atoms with van der Waals surface area (Å²) in [5.41, 5.74) is 8.33. The molecule has 0 spiro atoms. The highest BCUT2D eigenvalue weighted by Gasteiger charge is 2.09. The molecule has 5 nitrogen and oxygen atoms in total. The molecule has 0 atom stereocenters. The van der Waals surface area contributed by atoms with Crippen LogP contribution in [0.2, 0.25) is 0 Å². The van der Waals surface area contributed by atoms with E-state index in [-0.39, 0.29) is 5.91 Å². The lowest BCUT2D eigenvalue weighted by atomic mass is 10.2. The quantitative estimate of drug-likeness (QED) is 0.775. The zero-order chi connectivity index (χ0) is 11.5. The number of amides is 1. The third kappa shape index (κ3) is 2.17. The van der Waals surface area contributed by atoms with Crippen LogP contribution in [-0.4, -0.2) is 15.5 Å². The summed E-state index contributed by atoms with van der Waals surface area (Å²) in [6, 6.07) is 5.36. The van der Waals surface area contributed by atoms with Crippen molar-refractivity contribution in [1.82, 2.24) is 9.59 Å². The molecule has 2 aromatic rings. The van der Waals surface area contributed by atoms with E-state index < -0.39 is 0 Å². The third-order valence-corrected chi connectivity index (χ3v) is 2.63. The second kappa shape index (κ2) is 4.28. The molecule has 2 rings (SSSR count). The maximum atomic E-state index is 11.6. The molecule has 0 fully saturated rings. The summed E-state index contributed by atoms with van der Waals surface area (Å²) in [4.78, 5) is 11.6. The van der Waals surface area contributed by atoms with E-state index in [1.54, 1.807) is 17.5 Å². The molecular formula is C10H10N4OS. The first-order valence-corrected chi connectivity index (χ1v) is 5.45. The largest absolute Gasteiger partial charge is 0.398 e. The van der Waals surface area contributed by atoms with Gasteiger partial charge < -0.3 is 11.1 Å². The maximum absolute atomic E-state index is 11.6. The standard InChI is InChI=1S/C10H10N4OS/c1-6-2-3-7(4-8(6)11)12-10(15)9-5-16-14-13-9/h2-5H,11H2,1H3,(H,12,15). The van der Waals surface area contributed by atoms with Gasteiger partial charge >= 0.3 is 0 Å². The average molecular weight is 234 g/mol. The highest BCUT2D eigenvalue weighted by molar-refractivity contribution is 7.03. The fourth-order valence-electron chi connectivity index (χ4n) is 1.18. The molecule has 0 bridgehead atoms. The molecule has 1 aromatic heterocycles. The normalized spacial score (nSPS) is 10.1. The van der Waals surface area contributed by atoms with Crippen LogP contribution in [0.4, 0.5) is 11.4 Å². The van der Waals surface area contributed by atoms with Gasteiger partial charge in [0.1, 0.15) is 0 Å². The lowest BCUT2D eigenvalue weighted by Crippen LogP contribution is -2.12. The van der Waals surface area contributed by atoms with Crippen LogP contribution in [0, 0.1) is 6.92 Å². The SMILES string of the molecule is Cc1ccc(NC(=O)c2csnn2)cc1N. The molecule has 1 amide bonds. The zero-order valence-electron chi connectivity index (χ0n) is 8.60. The van der Waals surface area contributed by atoms with E-state index in [0.29, 0.717) is 17.1 Å². The fraction of sp³-hybridized carbons (Fsp3) is 0.100. The summed E-state index contributed by atoms with van der Waals surface area (Å²) in [7, 11) is 0. The Morgan fingerprint density at radius 1 is 1.50 bits per heavy atom. The van der Waals surface area contributed by atoms with E-state index in [1.165, 1.54) is 0 Å². The van der Waals surface area contributed by atoms with Gasteiger partial charge in [-0.2, -0.15) is 0 Å². The summed E-state index contributed by atoms with van der Waals surface area (Å²) in [6.07, 6.45) is 0. The fourth-order valence-corrected chi connectivity index (χ4v) is 1.61. The number of hydrogen-bond acceptors (Lipinski definition) is 5. The van der Waals surface area contributed by atoms with Crippen molar-refractivity contribution in [3.63, 3.8) is 0 Å². The van der Waals surface area contributed by atoms with Gasteiger partial charge in [0.2, 0.25) is 0 Å². The summed E-state index contributed by atoms with van der Waals surface area (Å²) in [6.45, 7) is 1.91. The minimum Gasteiger partial charge on any atom is -0.398 e. The Morgan fingerprint density at radius 2 is 2.31 bits per heavy atom. The molecule has 0 aliphatic rings. The van der Waals surface area contributed by atoms with Gasteiger partial charge in [-0.05, 0) is 36.2 Å². The van der Waals surface area contributed by atoms with Gasteiger partial charge in [-0.25, -0.2) is 0 Å². The second-order valence-electron chi connectivity index (χ2n) is 3.32. The Bertz CT molecular complexity index is 510. The van der Waals surface area contributed by atoms with E-state index in [2.05, 4.69) is 14.9 Å². The number of rotatable bonds is 2. The molecule has 0 radical (unpaired) electrons. The monoisotopic (exact) mass is 234 g/mol. The zero-order valence-corrected chi connectivity index (χ0v) is 9.41. The van der Waals surface area contributed by atoms with Gasteiger partial charge in [-0.1, -0.05) is 10.6 Å². The van der Waals surface area contributed by atoms with Crippen molar-refractivity contribution >= 4 is 28.8 Å². The third-order valence-electron chi connectivity index (χ3n) is 2.13. The smallest absolute Gasteiger partial charge is 0.277 e. The number of nitrogens with one attached hydrogen (secondary N) is 1. The first-order valence-electron chi connectivity index (χ1n) is 4.61. The number of nitrogen functional groups attached to an aromatic ring is 1. The topological polar surface area (TPSA) is 80.9 Å². The summed E-state index contributed by atoms with van der Waals surface area (Å²) in [5, 5.41) is 7.97. The molecule has 3 N–H and O–H groups in total. The van der Waals surface area contributed by atoms with Crippen molar-refractivity contribution in [1.29, 1.82) is 0 Å². The van der Waals surface area contributed by atoms with E-state index in [0.717, 1.165) is 17.1 Å². The number of nitrogens with two attached hydrogens (primary N) is 1. The van der Waals surface area contributed by atoms with Crippen molar-refractivity contribution in [3.05, 3.63) is 34.8 Å². The van der Waals surface area contributed by atoms with Gasteiger partial charge in [0.15, 0.2) is 5.69 Å². The Labute approximate surface area is 96.5 Å². The minimum atomic E-state index is -0.281. The van der Waals surface area contributed by atoms with Crippen LogP contribution in [0.5, 0.6) is 0 Å². The highest BCUT2D eigenvalue weighted by Crippen LogP contribution is 2.17. The first-order chi connectivity index (χ1) is 7.66. The minimum absolute atomic E-state index is 0.281. The molecule has 0 saturated carbocycles. The molecule has 0 saturated heterocycles. The molecule has 82 valence electrons. The van der Waals surface area contributed by atoms with Crippen molar-refractivity contribution in [2.45, 2.75) is 6.92 Å². The number of hydrogen-bond donors (Lipinski definition) is 2. The molecular weight excluding hydrogens is 224 g/mol. The van der Waals surface area contributed by atoms with Gasteiger partial charge in [-0.15, -0.1) is 5.10 Å². The van der Waals surface area contributed by atoms with Crippen LogP contribution in [-0.2, 0) is 0 Å². The number of carbonyl (C=O) groups excluding carboxylic acids is 1. The number of carbonyl (C=O) groups is 1. The Balaban J connectivity index is 2.15. The maximum Gasteiger partial charge on any atom is 0.277 e. The predicted octanol–water partition coefficient (Wildman–Crippen LogP) is 1.68. The van der Waals surface area contributed by atoms with Gasteiger partial charge in [0.05, 0.1) is 0 Å². The molecule has 1 heterocycles. The highest BCUT2D eigenvalue weighted by atomic mass is 32.1. The Hall–Kier alpha value is -1.95. The number of aromatic nitrogens is 2. The lowest BCUT2D eigenvalue weighted by Gasteiger charge is -2.05. The summed E-state index contributed by atoms with van der Waals surface area (Å²) < 4.78 is 3.62. The van der Waals surface area contributed by atoms with E-state index in [9.17, 15) is 4.79 Å². The van der Waals surface area contributed by atoms with Crippen LogP contribution in [0.15, 0.2) is 23.6 Å². The van der Waals surface area contributed by atoms with Gasteiger partial charge in [-0.3, -0.25) is 4.79 Å². The van der Waals surface area contributed by atoms with Crippen LogP contribution < -0.4 is 11.1 Å². The number of nitrogens with zero attached hydrogens (tertiary/aromatic N) is 2.